The van der Waals surface area contributed by atoms with E-state index in [4.69, 9.17) is 0 Å². The molecular formula is C18H18Br2N2. The van der Waals surface area contributed by atoms with Gasteiger partial charge in [-0.3, -0.25) is 4.90 Å². The lowest BCUT2D eigenvalue weighted by molar-refractivity contribution is 0.129. The molecule has 2 aromatic rings. The Balaban J connectivity index is 1.83. The Morgan fingerprint density at radius 2 is 1.32 bits per heavy atom. The molecule has 0 spiro atoms. The zero-order chi connectivity index (χ0) is 15.3. The lowest BCUT2D eigenvalue weighted by Gasteiger charge is -2.37. The average Bonchev–Trinajstić information content (AvgIpc) is 2.80. The van der Waals surface area contributed by atoms with Crippen molar-refractivity contribution >= 4 is 31.9 Å². The lowest BCUT2D eigenvalue weighted by Crippen LogP contribution is -2.45. The highest BCUT2D eigenvalue weighted by atomic mass is 79.9. The Morgan fingerprint density at radius 3 is 1.82 bits per heavy atom. The van der Waals surface area contributed by atoms with E-state index in [1.807, 2.05) is 0 Å². The fraction of sp³-hybridized carbons (Fsp3) is 0.333. The normalized spacial score (nSPS) is 19.2. The zero-order valence-electron chi connectivity index (χ0n) is 12.5. The van der Waals surface area contributed by atoms with Gasteiger partial charge in [0, 0.05) is 35.1 Å². The van der Waals surface area contributed by atoms with Crippen LogP contribution in [0.5, 0.6) is 0 Å². The first-order chi connectivity index (χ1) is 10.6. The molecule has 22 heavy (non-hydrogen) atoms. The molecule has 1 aliphatic heterocycles. The van der Waals surface area contributed by atoms with E-state index in [1.54, 1.807) is 0 Å². The molecular weight excluding hydrogens is 404 g/mol. The van der Waals surface area contributed by atoms with Gasteiger partial charge in [-0.05, 0) is 53.6 Å². The molecule has 0 aromatic heterocycles. The van der Waals surface area contributed by atoms with Crippen molar-refractivity contribution in [1.82, 2.24) is 9.80 Å². The minimum Gasteiger partial charge on any atom is -0.304 e. The number of hydrogen-bond donors (Lipinski definition) is 0. The second-order valence-electron chi connectivity index (χ2n) is 6.20. The highest BCUT2D eigenvalue weighted by molar-refractivity contribution is 9.10. The Hall–Kier alpha value is -0.680. The van der Waals surface area contributed by atoms with Gasteiger partial charge in [-0.1, -0.05) is 44.0 Å². The Morgan fingerprint density at radius 1 is 0.818 bits per heavy atom. The van der Waals surface area contributed by atoms with Gasteiger partial charge in [0.25, 0.3) is 0 Å². The summed E-state index contributed by atoms with van der Waals surface area (Å²) in [5, 5.41) is 0. The molecule has 0 bridgehead atoms. The molecule has 0 amide bonds. The van der Waals surface area contributed by atoms with Crippen LogP contribution in [0.3, 0.4) is 0 Å². The summed E-state index contributed by atoms with van der Waals surface area (Å²) in [6, 6.07) is 13.8. The Kier molecular flexibility index (Phi) is 3.89. The van der Waals surface area contributed by atoms with Crippen LogP contribution in [-0.2, 0) is 0 Å². The van der Waals surface area contributed by atoms with Crippen LogP contribution in [-0.4, -0.2) is 43.0 Å². The van der Waals surface area contributed by atoms with E-state index < -0.39 is 0 Å². The van der Waals surface area contributed by atoms with Crippen molar-refractivity contribution in [3.8, 4) is 11.1 Å². The number of rotatable bonds is 1. The number of likely N-dealkylation sites (N-methyl/N-ethyl adjacent to an activating group) is 1. The van der Waals surface area contributed by atoms with Gasteiger partial charge in [0.05, 0.1) is 6.04 Å². The van der Waals surface area contributed by atoms with Crippen molar-refractivity contribution < 1.29 is 0 Å². The van der Waals surface area contributed by atoms with E-state index in [0.29, 0.717) is 6.04 Å². The Bertz CT molecular complexity index is 670. The van der Waals surface area contributed by atoms with Gasteiger partial charge in [-0.2, -0.15) is 0 Å². The zero-order valence-corrected chi connectivity index (χ0v) is 15.7. The van der Waals surface area contributed by atoms with E-state index in [9.17, 15) is 0 Å². The van der Waals surface area contributed by atoms with Crippen LogP contribution < -0.4 is 0 Å². The molecule has 2 aliphatic rings. The maximum atomic E-state index is 3.65. The molecule has 4 rings (SSSR count). The number of piperazine rings is 1. The standard InChI is InChI=1S/C18H18Br2N2/c1-21-6-8-22(9-7-21)18-16-10-12(19)2-4-14(16)15-5-3-13(20)11-17(15)18/h2-5,10-11,18H,6-9H2,1H3. The highest BCUT2D eigenvalue weighted by Crippen LogP contribution is 2.48. The first-order valence-electron chi connectivity index (χ1n) is 7.65. The third-order valence-electron chi connectivity index (χ3n) is 4.81. The fourth-order valence-corrected chi connectivity index (χ4v) is 4.41. The monoisotopic (exact) mass is 420 g/mol. The summed E-state index contributed by atoms with van der Waals surface area (Å²) >= 11 is 7.30. The number of halogens is 2. The molecule has 1 saturated heterocycles. The van der Waals surface area contributed by atoms with Crippen LogP contribution in [0, 0.1) is 0 Å². The number of nitrogens with zero attached hydrogens (tertiary/aromatic N) is 2. The molecule has 1 fully saturated rings. The molecule has 0 atom stereocenters. The highest BCUT2D eigenvalue weighted by Gasteiger charge is 2.34. The van der Waals surface area contributed by atoms with Gasteiger partial charge in [0.15, 0.2) is 0 Å². The molecule has 2 aromatic carbocycles. The van der Waals surface area contributed by atoms with E-state index >= 15 is 0 Å². The van der Waals surface area contributed by atoms with Crippen LogP contribution in [0.15, 0.2) is 45.3 Å². The summed E-state index contributed by atoms with van der Waals surface area (Å²) in [6.45, 7) is 4.53. The molecule has 0 radical (unpaired) electrons. The second-order valence-corrected chi connectivity index (χ2v) is 8.04. The predicted molar refractivity (Wildman–Crippen MR) is 98.2 cm³/mol. The van der Waals surface area contributed by atoms with Crippen LogP contribution in [0.4, 0.5) is 0 Å². The molecule has 1 aliphatic carbocycles. The van der Waals surface area contributed by atoms with Gasteiger partial charge in [-0.15, -0.1) is 0 Å². The summed E-state index contributed by atoms with van der Waals surface area (Å²) in [6.07, 6.45) is 0. The van der Waals surface area contributed by atoms with E-state index in [-0.39, 0.29) is 0 Å². The van der Waals surface area contributed by atoms with Gasteiger partial charge < -0.3 is 4.90 Å². The minimum absolute atomic E-state index is 0.383. The maximum Gasteiger partial charge on any atom is 0.0615 e. The maximum absolute atomic E-state index is 3.65. The van der Waals surface area contributed by atoms with Crippen molar-refractivity contribution in [2.75, 3.05) is 33.2 Å². The molecule has 4 heteroatoms. The van der Waals surface area contributed by atoms with Crippen molar-refractivity contribution in [2.45, 2.75) is 6.04 Å². The lowest BCUT2D eigenvalue weighted by atomic mass is 10.0. The summed E-state index contributed by atoms with van der Waals surface area (Å²) < 4.78 is 2.33. The quantitative estimate of drug-likeness (QED) is 0.667. The van der Waals surface area contributed by atoms with Crippen molar-refractivity contribution in [1.29, 1.82) is 0 Å². The third-order valence-corrected chi connectivity index (χ3v) is 5.80. The van der Waals surface area contributed by atoms with Crippen LogP contribution >= 0.6 is 31.9 Å². The minimum atomic E-state index is 0.383. The van der Waals surface area contributed by atoms with Crippen LogP contribution in [0.1, 0.15) is 17.2 Å². The van der Waals surface area contributed by atoms with Gasteiger partial charge in [0.2, 0.25) is 0 Å². The predicted octanol–water partition coefficient (Wildman–Crippen LogP) is 4.53. The fourth-order valence-electron chi connectivity index (χ4n) is 3.65. The number of benzene rings is 2. The van der Waals surface area contributed by atoms with E-state index in [2.05, 4.69) is 85.1 Å². The van der Waals surface area contributed by atoms with Crippen LogP contribution in [0.2, 0.25) is 0 Å². The molecule has 0 saturated carbocycles. The van der Waals surface area contributed by atoms with Gasteiger partial charge in [-0.25, -0.2) is 0 Å². The van der Waals surface area contributed by atoms with Crippen molar-refractivity contribution in [3.63, 3.8) is 0 Å². The molecule has 2 nitrogen and oxygen atoms in total. The van der Waals surface area contributed by atoms with Gasteiger partial charge in [0.1, 0.15) is 0 Å². The van der Waals surface area contributed by atoms with Crippen LogP contribution in [0.25, 0.3) is 11.1 Å². The Labute approximate surface area is 148 Å². The average molecular weight is 422 g/mol. The summed E-state index contributed by atoms with van der Waals surface area (Å²) in [5.41, 5.74) is 5.64. The van der Waals surface area contributed by atoms with E-state index in [1.165, 1.54) is 22.3 Å². The van der Waals surface area contributed by atoms with Crippen molar-refractivity contribution in [3.05, 3.63) is 56.5 Å². The molecule has 1 heterocycles. The van der Waals surface area contributed by atoms with E-state index in [0.717, 1.165) is 35.1 Å². The molecule has 0 unspecified atom stereocenters. The number of hydrogen-bond acceptors (Lipinski definition) is 2. The largest absolute Gasteiger partial charge is 0.304 e. The summed E-state index contributed by atoms with van der Waals surface area (Å²) in [5.74, 6) is 0. The third kappa shape index (κ3) is 2.46. The topological polar surface area (TPSA) is 6.48 Å². The molecule has 0 N–H and O–H groups in total. The first-order valence-corrected chi connectivity index (χ1v) is 9.24. The molecule has 114 valence electrons. The van der Waals surface area contributed by atoms with Crippen molar-refractivity contribution in [2.24, 2.45) is 0 Å². The summed E-state index contributed by atoms with van der Waals surface area (Å²) in [7, 11) is 2.21. The summed E-state index contributed by atoms with van der Waals surface area (Å²) in [4.78, 5) is 5.04. The smallest absolute Gasteiger partial charge is 0.0615 e. The second kappa shape index (κ2) is 5.75. The SMILES string of the molecule is CN1CCN(C2c3cc(Br)ccc3-c3ccc(Br)cc32)CC1. The van der Waals surface area contributed by atoms with Gasteiger partial charge >= 0.3 is 0 Å². The first kappa shape index (κ1) is 14.9. The number of fused-ring (bicyclic) bond motifs is 3.